The number of carboxylic acids is 1. The third kappa shape index (κ3) is 10.4. The van der Waals surface area contributed by atoms with Gasteiger partial charge < -0.3 is 43.2 Å². The molecule has 0 aromatic carbocycles. The predicted octanol–water partition coefficient (Wildman–Crippen LogP) is -2.77. The van der Waals surface area contributed by atoms with Crippen LogP contribution in [0.4, 0.5) is 0 Å². The lowest BCUT2D eigenvalue weighted by Crippen LogP contribution is -2.57. The smallest absolute Gasteiger partial charge is 0.326 e. The van der Waals surface area contributed by atoms with E-state index in [1.54, 1.807) is 0 Å². The fourth-order valence-corrected chi connectivity index (χ4v) is 2.98. The van der Waals surface area contributed by atoms with Crippen molar-refractivity contribution in [2.24, 2.45) is 17.2 Å². The predicted molar refractivity (Wildman–Crippen MR) is 121 cm³/mol. The first-order chi connectivity index (χ1) is 16.0. The molecule has 1 heterocycles. The minimum Gasteiger partial charge on any atom is -0.480 e. The van der Waals surface area contributed by atoms with Gasteiger partial charge in [-0.25, -0.2) is 9.78 Å². The summed E-state index contributed by atoms with van der Waals surface area (Å²) in [5.41, 5.74) is 16.6. The second-order valence-corrected chi connectivity index (χ2v) is 7.88. The van der Waals surface area contributed by atoms with Crippen LogP contribution >= 0.6 is 0 Å². The Morgan fingerprint density at radius 2 is 1.62 bits per heavy atom. The number of imidazole rings is 1. The second-order valence-electron chi connectivity index (χ2n) is 7.88. The van der Waals surface area contributed by atoms with Crippen LogP contribution in [-0.4, -0.2) is 75.4 Å². The minimum absolute atomic E-state index is 0.0313. The minimum atomic E-state index is -1.22. The molecule has 0 radical (unpaired) electrons. The number of aromatic amines is 1. The van der Waals surface area contributed by atoms with Gasteiger partial charge in [0, 0.05) is 24.7 Å². The number of aliphatic carboxylic acids is 1. The molecule has 0 spiro atoms. The number of H-pyrrole nitrogens is 1. The molecule has 14 heteroatoms. The van der Waals surface area contributed by atoms with Crippen LogP contribution in [0.2, 0.25) is 0 Å². The number of primary amides is 1. The van der Waals surface area contributed by atoms with E-state index >= 15 is 0 Å². The number of carboxylic acid groups (broad SMARTS) is 1. The van der Waals surface area contributed by atoms with E-state index < -0.39 is 53.8 Å². The van der Waals surface area contributed by atoms with Crippen molar-refractivity contribution in [2.45, 2.75) is 69.6 Å². The molecule has 11 N–H and O–H groups in total. The van der Waals surface area contributed by atoms with Crippen molar-refractivity contribution in [2.75, 3.05) is 6.54 Å². The van der Waals surface area contributed by atoms with Crippen molar-refractivity contribution >= 4 is 29.6 Å². The van der Waals surface area contributed by atoms with E-state index in [-0.39, 0.29) is 25.7 Å². The van der Waals surface area contributed by atoms with Gasteiger partial charge in [0.15, 0.2) is 0 Å². The molecule has 1 rings (SSSR count). The number of hydrogen-bond donors (Lipinski definition) is 8. The maximum absolute atomic E-state index is 12.9. The van der Waals surface area contributed by atoms with Crippen LogP contribution in [0.25, 0.3) is 0 Å². The molecule has 1 aromatic rings. The molecule has 0 aliphatic heterocycles. The quantitative estimate of drug-likeness (QED) is 0.113. The largest absolute Gasteiger partial charge is 0.480 e. The second kappa shape index (κ2) is 14.6. The summed E-state index contributed by atoms with van der Waals surface area (Å²) in [4.78, 5) is 67.4. The van der Waals surface area contributed by atoms with Crippen molar-refractivity contribution in [3.63, 3.8) is 0 Å². The average Bonchev–Trinajstić information content (AvgIpc) is 3.27. The van der Waals surface area contributed by atoms with E-state index in [2.05, 4.69) is 25.9 Å². The highest BCUT2D eigenvalue weighted by Gasteiger charge is 2.30. The third-order valence-electron chi connectivity index (χ3n) is 4.90. The zero-order valence-electron chi connectivity index (χ0n) is 19.1. The fraction of sp³-hybridized carbons (Fsp3) is 0.600. The SMILES string of the molecule is CC(N)C(=O)NC(CCC(N)=O)C(=O)NC(Cc1cnc[nH]1)C(=O)NC(CCCCN)C(=O)O. The molecular weight excluding hydrogens is 448 g/mol. The Balaban J connectivity index is 3.02. The van der Waals surface area contributed by atoms with Crippen LogP contribution in [-0.2, 0) is 30.4 Å². The number of nitrogens with zero attached hydrogens (tertiary/aromatic N) is 1. The highest BCUT2D eigenvalue weighted by molar-refractivity contribution is 5.94. The molecular formula is C20H34N8O6. The summed E-state index contributed by atoms with van der Waals surface area (Å²) in [6.45, 7) is 1.81. The summed E-state index contributed by atoms with van der Waals surface area (Å²) < 4.78 is 0. The van der Waals surface area contributed by atoms with Gasteiger partial charge in [0.05, 0.1) is 12.4 Å². The van der Waals surface area contributed by atoms with E-state index in [4.69, 9.17) is 17.2 Å². The van der Waals surface area contributed by atoms with E-state index in [0.29, 0.717) is 25.1 Å². The number of rotatable bonds is 16. The number of aromatic nitrogens is 2. The van der Waals surface area contributed by atoms with Crippen molar-refractivity contribution in [1.29, 1.82) is 0 Å². The van der Waals surface area contributed by atoms with Crippen molar-refractivity contribution < 1.29 is 29.1 Å². The average molecular weight is 483 g/mol. The number of carbonyl (C=O) groups is 5. The fourth-order valence-electron chi connectivity index (χ4n) is 2.98. The van der Waals surface area contributed by atoms with Crippen LogP contribution < -0.4 is 33.2 Å². The number of amides is 4. The molecule has 0 saturated carbocycles. The molecule has 4 atom stereocenters. The van der Waals surface area contributed by atoms with Gasteiger partial charge in [0.25, 0.3) is 0 Å². The van der Waals surface area contributed by atoms with Gasteiger partial charge in [0.2, 0.25) is 23.6 Å². The zero-order chi connectivity index (χ0) is 25.7. The van der Waals surface area contributed by atoms with Crippen LogP contribution in [0.3, 0.4) is 0 Å². The van der Waals surface area contributed by atoms with Gasteiger partial charge in [-0.15, -0.1) is 0 Å². The van der Waals surface area contributed by atoms with Crippen LogP contribution in [0.15, 0.2) is 12.5 Å². The number of hydrogen-bond acceptors (Lipinski definition) is 8. The van der Waals surface area contributed by atoms with E-state index in [9.17, 15) is 29.1 Å². The van der Waals surface area contributed by atoms with Crippen LogP contribution in [0, 0.1) is 0 Å². The van der Waals surface area contributed by atoms with Crippen LogP contribution in [0.1, 0.15) is 44.7 Å². The molecule has 14 nitrogen and oxygen atoms in total. The summed E-state index contributed by atoms with van der Waals surface area (Å²) in [5, 5.41) is 16.8. The lowest BCUT2D eigenvalue weighted by Gasteiger charge is -2.24. The number of nitrogens with one attached hydrogen (secondary N) is 4. The van der Waals surface area contributed by atoms with Gasteiger partial charge in [0.1, 0.15) is 18.1 Å². The summed E-state index contributed by atoms with van der Waals surface area (Å²) in [6.07, 6.45) is 3.73. The van der Waals surface area contributed by atoms with Crippen LogP contribution in [0.5, 0.6) is 0 Å². The normalized spacial score (nSPS) is 14.3. The standard InChI is InChI=1S/C20H34N8O6/c1-11(22)17(30)26-13(5-6-16(23)29)18(31)28-15(8-12-9-24-10-25-12)19(32)27-14(20(33)34)4-2-3-7-21/h9-11,13-15H,2-8,21-22H2,1H3,(H2,23,29)(H,24,25)(H,26,30)(H,27,32)(H,28,31)(H,33,34). The molecule has 0 fully saturated rings. The summed E-state index contributed by atoms with van der Waals surface area (Å²) in [6, 6.07) is -4.49. The number of nitrogens with two attached hydrogens (primary N) is 3. The van der Waals surface area contributed by atoms with Gasteiger partial charge in [-0.3, -0.25) is 19.2 Å². The molecule has 0 aliphatic rings. The molecule has 0 aliphatic carbocycles. The lowest BCUT2D eigenvalue weighted by molar-refractivity contribution is -0.142. The molecule has 4 unspecified atom stereocenters. The topological polar surface area (TPSA) is 248 Å². The lowest BCUT2D eigenvalue weighted by atomic mass is 10.1. The zero-order valence-corrected chi connectivity index (χ0v) is 19.1. The Bertz CT molecular complexity index is 829. The summed E-state index contributed by atoms with van der Waals surface area (Å²) >= 11 is 0. The van der Waals surface area contributed by atoms with Gasteiger partial charge in [-0.05, 0) is 39.2 Å². The highest BCUT2D eigenvalue weighted by Crippen LogP contribution is 2.06. The monoisotopic (exact) mass is 482 g/mol. The van der Waals surface area contributed by atoms with Crippen molar-refractivity contribution in [1.82, 2.24) is 25.9 Å². The van der Waals surface area contributed by atoms with E-state index in [1.807, 2.05) is 0 Å². The maximum atomic E-state index is 12.9. The Morgan fingerprint density at radius 3 is 2.15 bits per heavy atom. The first-order valence-electron chi connectivity index (χ1n) is 10.9. The summed E-state index contributed by atoms with van der Waals surface area (Å²) in [5.74, 6) is -4.04. The molecule has 4 amide bonds. The Kier molecular flexibility index (Phi) is 12.2. The molecule has 0 bridgehead atoms. The van der Waals surface area contributed by atoms with E-state index in [1.165, 1.54) is 19.4 Å². The number of unbranched alkanes of at least 4 members (excludes halogenated alkanes) is 1. The van der Waals surface area contributed by atoms with Gasteiger partial charge >= 0.3 is 5.97 Å². The molecule has 34 heavy (non-hydrogen) atoms. The maximum Gasteiger partial charge on any atom is 0.326 e. The van der Waals surface area contributed by atoms with Gasteiger partial charge in [-0.1, -0.05) is 0 Å². The first kappa shape index (κ1) is 28.5. The Morgan fingerprint density at radius 1 is 1.00 bits per heavy atom. The van der Waals surface area contributed by atoms with Crippen molar-refractivity contribution in [3.8, 4) is 0 Å². The molecule has 0 saturated heterocycles. The molecule has 1 aromatic heterocycles. The number of carbonyl (C=O) groups excluding carboxylic acids is 4. The third-order valence-corrected chi connectivity index (χ3v) is 4.90. The summed E-state index contributed by atoms with van der Waals surface area (Å²) in [7, 11) is 0. The van der Waals surface area contributed by atoms with E-state index in [0.717, 1.165) is 0 Å². The Hall–Kier alpha value is -3.52. The highest BCUT2D eigenvalue weighted by atomic mass is 16.4. The van der Waals surface area contributed by atoms with Crippen molar-refractivity contribution in [3.05, 3.63) is 18.2 Å². The molecule has 190 valence electrons. The first-order valence-corrected chi connectivity index (χ1v) is 10.9. The Labute approximate surface area is 196 Å². The van der Waals surface area contributed by atoms with Gasteiger partial charge in [-0.2, -0.15) is 0 Å².